The number of carbonyl (C=O) groups is 1. The predicted octanol–water partition coefficient (Wildman–Crippen LogP) is 1.96. The van der Waals surface area contributed by atoms with Gasteiger partial charge < -0.3 is 14.4 Å². The summed E-state index contributed by atoms with van der Waals surface area (Å²) in [5, 5.41) is 0. The average Bonchev–Trinajstić information content (AvgIpc) is 3.01. The number of rotatable bonds is 6. The topological polar surface area (TPSA) is 84.9 Å². The quantitative estimate of drug-likeness (QED) is 0.815. The van der Waals surface area contributed by atoms with E-state index in [-0.39, 0.29) is 23.4 Å². The molecule has 2 aromatic rings. The highest BCUT2D eigenvalue weighted by atomic mass is 32.2. The molecule has 0 aromatic heterocycles. The molecule has 1 aliphatic rings. The van der Waals surface area contributed by atoms with Gasteiger partial charge in [0.2, 0.25) is 15.9 Å². The standard InChI is InChI=1S/C19H22N2O5S/c1-13-10-14-6-4-5-7-16(14)21(13)19(22)12-20-27(23,24)15-8-9-17(25-2)18(11-15)26-3/h4-9,11,13,20H,10,12H2,1-3H3. The van der Waals surface area contributed by atoms with E-state index < -0.39 is 10.0 Å². The number of anilines is 1. The Kier molecular flexibility index (Phi) is 5.38. The largest absolute Gasteiger partial charge is 0.493 e. The zero-order chi connectivity index (χ0) is 19.6. The molecule has 0 bridgehead atoms. The summed E-state index contributed by atoms with van der Waals surface area (Å²) in [4.78, 5) is 14.3. The van der Waals surface area contributed by atoms with Crippen LogP contribution in [0.25, 0.3) is 0 Å². The van der Waals surface area contributed by atoms with Crippen molar-refractivity contribution in [3.05, 3.63) is 48.0 Å². The molecule has 8 heteroatoms. The molecule has 2 aromatic carbocycles. The first kappa shape index (κ1) is 19.2. The van der Waals surface area contributed by atoms with Crippen molar-refractivity contribution in [2.24, 2.45) is 0 Å². The molecule has 1 atom stereocenters. The predicted molar refractivity (Wildman–Crippen MR) is 102 cm³/mol. The lowest BCUT2D eigenvalue weighted by molar-refractivity contribution is -0.117. The number of ether oxygens (including phenoxy) is 2. The van der Waals surface area contributed by atoms with Gasteiger partial charge in [-0.2, -0.15) is 0 Å². The van der Waals surface area contributed by atoms with Crippen molar-refractivity contribution >= 4 is 21.6 Å². The third-order valence-corrected chi connectivity index (χ3v) is 5.95. The van der Waals surface area contributed by atoms with Crippen LogP contribution in [-0.4, -0.2) is 41.1 Å². The van der Waals surface area contributed by atoms with Crippen molar-refractivity contribution in [3.8, 4) is 11.5 Å². The van der Waals surface area contributed by atoms with Crippen LogP contribution in [-0.2, 0) is 21.2 Å². The van der Waals surface area contributed by atoms with Crippen LogP contribution < -0.4 is 19.1 Å². The minimum absolute atomic E-state index is 0.00261. The molecule has 1 unspecified atom stereocenters. The van der Waals surface area contributed by atoms with Crippen molar-refractivity contribution in [3.63, 3.8) is 0 Å². The summed E-state index contributed by atoms with van der Waals surface area (Å²) in [5.41, 5.74) is 1.92. The number of methoxy groups -OCH3 is 2. The van der Waals surface area contributed by atoms with E-state index in [1.165, 1.54) is 32.4 Å². The van der Waals surface area contributed by atoms with Crippen molar-refractivity contribution < 1.29 is 22.7 Å². The first-order valence-electron chi connectivity index (χ1n) is 8.49. The molecule has 144 valence electrons. The highest BCUT2D eigenvalue weighted by molar-refractivity contribution is 7.89. The number of hydrogen-bond acceptors (Lipinski definition) is 5. The smallest absolute Gasteiger partial charge is 0.242 e. The molecule has 1 heterocycles. The maximum atomic E-state index is 12.7. The van der Waals surface area contributed by atoms with Gasteiger partial charge >= 0.3 is 0 Å². The molecule has 0 saturated heterocycles. The number of fused-ring (bicyclic) bond motifs is 1. The summed E-state index contributed by atoms with van der Waals surface area (Å²) >= 11 is 0. The summed E-state index contributed by atoms with van der Waals surface area (Å²) in [6.45, 7) is 1.62. The maximum absolute atomic E-state index is 12.7. The number of sulfonamides is 1. The zero-order valence-electron chi connectivity index (χ0n) is 15.4. The molecule has 0 radical (unpaired) electrons. The number of benzene rings is 2. The van der Waals surface area contributed by atoms with Gasteiger partial charge in [0.05, 0.1) is 25.7 Å². The lowest BCUT2D eigenvalue weighted by Gasteiger charge is -2.23. The van der Waals surface area contributed by atoms with E-state index in [2.05, 4.69) is 4.72 Å². The van der Waals surface area contributed by atoms with E-state index in [9.17, 15) is 13.2 Å². The van der Waals surface area contributed by atoms with Gasteiger partial charge in [-0.25, -0.2) is 13.1 Å². The molecule has 7 nitrogen and oxygen atoms in total. The molecular formula is C19H22N2O5S. The molecule has 3 rings (SSSR count). The second-order valence-electron chi connectivity index (χ2n) is 6.29. The summed E-state index contributed by atoms with van der Waals surface area (Å²) in [5.74, 6) is 0.431. The summed E-state index contributed by atoms with van der Waals surface area (Å²) < 4.78 is 37.8. The van der Waals surface area contributed by atoms with Gasteiger partial charge in [-0.15, -0.1) is 0 Å². The number of nitrogens with zero attached hydrogens (tertiary/aromatic N) is 1. The minimum atomic E-state index is -3.87. The molecule has 0 fully saturated rings. The Balaban J connectivity index is 1.75. The molecule has 1 aliphatic heterocycles. The summed E-state index contributed by atoms with van der Waals surface area (Å²) in [6, 6.07) is 11.9. The van der Waals surface area contributed by atoms with Crippen LogP contribution in [0.4, 0.5) is 5.69 Å². The van der Waals surface area contributed by atoms with Crippen molar-refractivity contribution in [1.82, 2.24) is 4.72 Å². The SMILES string of the molecule is COc1ccc(S(=O)(=O)NCC(=O)N2c3ccccc3CC2C)cc1OC. The Hall–Kier alpha value is -2.58. The highest BCUT2D eigenvalue weighted by Gasteiger charge is 2.31. The Morgan fingerprint density at radius 2 is 1.85 bits per heavy atom. The Bertz CT molecular complexity index is 958. The van der Waals surface area contributed by atoms with Crippen LogP contribution in [0.15, 0.2) is 47.4 Å². The second-order valence-corrected chi connectivity index (χ2v) is 8.05. The third kappa shape index (κ3) is 3.77. The van der Waals surface area contributed by atoms with Gasteiger partial charge in [0.25, 0.3) is 0 Å². The fraction of sp³-hybridized carbons (Fsp3) is 0.316. The van der Waals surface area contributed by atoms with Gasteiger partial charge in [-0.3, -0.25) is 4.79 Å². The first-order chi connectivity index (χ1) is 12.9. The minimum Gasteiger partial charge on any atom is -0.493 e. The van der Waals surface area contributed by atoms with E-state index in [0.717, 1.165) is 17.7 Å². The van der Waals surface area contributed by atoms with E-state index in [4.69, 9.17) is 9.47 Å². The van der Waals surface area contributed by atoms with Crippen LogP contribution in [0.1, 0.15) is 12.5 Å². The Morgan fingerprint density at radius 1 is 1.15 bits per heavy atom. The lowest BCUT2D eigenvalue weighted by atomic mass is 10.1. The van der Waals surface area contributed by atoms with Crippen LogP contribution in [0.5, 0.6) is 11.5 Å². The number of nitrogens with one attached hydrogen (secondary N) is 1. The number of amides is 1. The molecule has 1 N–H and O–H groups in total. The van der Waals surface area contributed by atoms with Crippen LogP contribution >= 0.6 is 0 Å². The highest BCUT2D eigenvalue weighted by Crippen LogP contribution is 2.32. The molecular weight excluding hydrogens is 368 g/mol. The fourth-order valence-electron chi connectivity index (χ4n) is 3.25. The van der Waals surface area contributed by atoms with E-state index in [1.54, 1.807) is 4.90 Å². The van der Waals surface area contributed by atoms with E-state index >= 15 is 0 Å². The Morgan fingerprint density at radius 3 is 2.56 bits per heavy atom. The van der Waals surface area contributed by atoms with Gasteiger partial charge in [0.15, 0.2) is 11.5 Å². The third-order valence-electron chi connectivity index (χ3n) is 4.55. The fourth-order valence-corrected chi connectivity index (χ4v) is 4.24. The average molecular weight is 390 g/mol. The van der Waals surface area contributed by atoms with Crippen molar-refractivity contribution in [1.29, 1.82) is 0 Å². The van der Waals surface area contributed by atoms with Gasteiger partial charge in [0.1, 0.15) is 0 Å². The normalized spacial score (nSPS) is 16.1. The molecule has 0 saturated carbocycles. The number of para-hydroxylation sites is 1. The van der Waals surface area contributed by atoms with E-state index in [0.29, 0.717) is 11.5 Å². The van der Waals surface area contributed by atoms with E-state index in [1.807, 2.05) is 31.2 Å². The van der Waals surface area contributed by atoms with Gasteiger partial charge in [-0.1, -0.05) is 18.2 Å². The number of carbonyl (C=O) groups excluding carboxylic acids is 1. The van der Waals surface area contributed by atoms with Crippen molar-refractivity contribution in [2.45, 2.75) is 24.3 Å². The lowest BCUT2D eigenvalue weighted by Crippen LogP contribution is -2.43. The summed E-state index contributed by atoms with van der Waals surface area (Å²) in [6.07, 6.45) is 0.754. The number of hydrogen-bond donors (Lipinski definition) is 1. The van der Waals surface area contributed by atoms with Crippen LogP contribution in [0.2, 0.25) is 0 Å². The van der Waals surface area contributed by atoms with Crippen molar-refractivity contribution in [2.75, 3.05) is 25.7 Å². The molecule has 0 aliphatic carbocycles. The van der Waals surface area contributed by atoms with Gasteiger partial charge in [-0.05, 0) is 37.1 Å². The first-order valence-corrected chi connectivity index (χ1v) is 9.97. The molecule has 0 spiro atoms. The van der Waals surface area contributed by atoms with Crippen LogP contribution in [0.3, 0.4) is 0 Å². The van der Waals surface area contributed by atoms with Crippen LogP contribution in [0, 0.1) is 0 Å². The maximum Gasteiger partial charge on any atom is 0.242 e. The monoisotopic (exact) mass is 390 g/mol. The summed E-state index contributed by atoms with van der Waals surface area (Å²) in [7, 11) is -0.972. The molecule has 27 heavy (non-hydrogen) atoms. The molecule has 1 amide bonds. The van der Waals surface area contributed by atoms with Gasteiger partial charge in [0, 0.05) is 17.8 Å². The zero-order valence-corrected chi connectivity index (χ0v) is 16.2. The Labute approximate surface area is 158 Å². The second kappa shape index (κ2) is 7.58.